The lowest BCUT2D eigenvalue weighted by molar-refractivity contribution is 0.357. The fourth-order valence-electron chi connectivity index (χ4n) is 2.47. The summed E-state index contributed by atoms with van der Waals surface area (Å²) in [6.07, 6.45) is 1.67. The van der Waals surface area contributed by atoms with E-state index >= 15 is 0 Å². The number of anilines is 1. The van der Waals surface area contributed by atoms with Crippen LogP contribution < -0.4 is 10.5 Å². The molecule has 21 heavy (non-hydrogen) atoms. The topological polar surface area (TPSA) is 52.3 Å². The zero-order chi connectivity index (χ0) is 14.8. The number of nitrogens with two attached hydrogens (primary N) is 1. The first kappa shape index (κ1) is 14.4. The molecule has 1 aliphatic rings. The van der Waals surface area contributed by atoms with E-state index in [1.54, 1.807) is 18.2 Å². The fraction of sp³-hybridized carbons (Fsp3) is 0.250. The number of nitrogen functional groups attached to an aromatic ring is 1. The molecule has 2 N–H and O–H groups in total. The van der Waals surface area contributed by atoms with E-state index in [0.29, 0.717) is 21.4 Å². The van der Waals surface area contributed by atoms with Crippen molar-refractivity contribution in [1.29, 1.82) is 0 Å². The van der Waals surface area contributed by atoms with Crippen molar-refractivity contribution in [2.75, 3.05) is 18.1 Å². The van der Waals surface area contributed by atoms with Crippen LogP contribution in [0.2, 0.25) is 5.02 Å². The number of aryl methyl sites for hydroxylation is 1. The molecule has 1 atom stereocenters. The highest BCUT2D eigenvalue weighted by atomic mass is 35.5. The number of benzene rings is 2. The van der Waals surface area contributed by atoms with Gasteiger partial charge in [-0.15, -0.1) is 0 Å². The Morgan fingerprint density at radius 2 is 2.14 bits per heavy atom. The van der Waals surface area contributed by atoms with Crippen molar-refractivity contribution in [3.63, 3.8) is 0 Å². The van der Waals surface area contributed by atoms with E-state index in [4.69, 9.17) is 22.1 Å². The molecule has 1 heterocycles. The smallest absolute Gasteiger partial charge is 0.122 e. The summed E-state index contributed by atoms with van der Waals surface area (Å²) in [5.74, 6) is 1.48. The Bertz CT molecular complexity index is 682. The molecule has 0 saturated carbocycles. The second-order valence-corrected chi connectivity index (χ2v) is 6.91. The molecule has 0 saturated heterocycles. The second kappa shape index (κ2) is 6.08. The molecular formula is C16H16ClNO2S. The van der Waals surface area contributed by atoms with E-state index < -0.39 is 10.8 Å². The van der Waals surface area contributed by atoms with Crippen LogP contribution in [0, 0.1) is 0 Å². The molecule has 1 unspecified atom stereocenters. The third-order valence-corrected chi connectivity index (χ3v) is 5.47. The van der Waals surface area contributed by atoms with E-state index in [2.05, 4.69) is 6.07 Å². The Kier molecular flexibility index (Phi) is 4.17. The average molecular weight is 322 g/mol. The number of halogens is 1. The minimum atomic E-state index is -1.19. The summed E-state index contributed by atoms with van der Waals surface area (Å²) in [6.45, 7) is 0.751. The minimum absolute atomic E-state index is 0.468. The van der Waals surface area contributed by atoms with Gasteiger partial charge >= 0.3 is 0 Å². The SMILES string of the molecule is Nc1cccc(Cl)c1S(=O)CCc1ccc2c(c1)CCO2. The molecule has 2 aromatic carbocycles. The molecule has 110 valence electrons. The summed E-state index contributed by atoms with van der Waals surface area (Å²) in [6, 6.07) is 11.4. The van der Waals surface area contributed by atoms with Crippen LogP contribution in [0.1, 0.15) is 11.1 Å². The number of rotatable bonds is 4. The number of ether oxygens (including phenoxy) is 1. The molecule has 0 aromatic heterocycles. The molecule has 2 aromatic rings. The van der Waals surface area contributed by atoms with Crippen LogP contribution in [0.5, 0.6) is 5.75 Å². The molecule has 3 nitrogen and oxygen atoms in total. The van der Waals surface area contributed by atoms with Gasteiger partial charge in [-0.25, -0.2) is 0 Å². The third-order valence-electron chi connectivity index (χ3n) is 3.56. The molecule has 0 fully saturated rings. The summed E-state index contributed by atoms with van der Waals surface area (Å²) in [4.78, 5) is 0.545. The minimum Gasteiger partial charge on any atom is -0.493 e. The van der Waals surface area contributed by atoms with Gasteiger partial charge < -0.3 is 10.5 Å². The summed E-state index contributed by atoms with van der Waals surface area (Å²) >= 11 is 6.09. The lowest BCUT2D eigenvalue weighted by atomic mass is 10.1. The maximum Gasteiger partial charge on any atom is 0.122 e. The van der Waals surface area contributed by atoms with Crippen LogP contribution in [0.15, 0.2) is 41.3 Å². The number of hydrogen-bond donors (Lipinski definition) is 1. The van der Waals surface area contributed by atoms with Crippen molar-refractivity contribution < 1.29 is 8.95 Å². The summed E-state index contributed by atoms with van der Waals surface area (Å²) in [5, 5.41) is 0.468. The first-order chi connectivity index (χ1) is 10.1. The normalized spacial score (nSPS) is 14.5. The van der Waals surface area contributed by atoms with Crippen LogP contribution in [-0.4, -0.2) is 16.6 Å². The van der Waals surface area contributed by atoms with Crippen LogP contribution in [0.25, 0.3) is 0 Å². The lowest BCUT2D eigenvalue weighted by Crippen LogP contribution is -2.05. The van der Waals surface area contributed by atoms with Gasteiger partial charge in [-0.2, -0.15) is 0 Å². The molecule has 1 aliphatic heterocycles. The molecule has 5 heteroatoms. The van der Waals surface area contributed by atoms with Crippen LogP contribution in [-0.2, 0) is 23.6 Å². The predicted molar refractivity (Wildman–Crippen MR) is 86.5 cm³/mol. The van der Waals surface area contributed by atoms with Gasteiger partial charge in [0, 0.05) is 17.9 Å². The van der Waals surface area contributed by atoms with Crippen molar-refractivity contribution in [2.45, 2.75) is 17.7 Å². The van der Waals surface area contributed by atoms with Crippen molar-refractivity contribution in [3.05, 3.63) is 52.5 Å². The van der Waals surface area contributed by atoms with Crippen molar-refractivity contribution in [2.24, 2.45) is 0 Å². The van der Waals surface area contributed by atoms with Gasteiger partial charge in [0.25, 0.3) is 0 Å². The third kappa shape index (κ3) is 3.06. The largest absolute Gasteiger partial charge is 0.493 e. The van der Waals surface area contributed by atoms with Gasteiger partial charge in [-0.05, 0) is 35.7 Å². The Hall–Kier alpha value is -1.52. The van der Waals surface area contributed by atoms with E-state index in [-0.39, 0.29) is 0 Å². The molecule has 3 rings (SSSR count). The van der Waals surface area contributed by atoms with Gasteiger partial charge in [-0.1, -0.05) is 29.8 Å². The molecule has 0 spiro atoms. The standard InChI is InChI=1S/C16H16ClNO2S/c17-13-2-1-3-14(18)16(13)21(19)9-7-11-4-5-15-12(10-11)6-8-20-15/h1-5,10H,6-9,18H2. The van der Waals surface area contributed by atoms with Crippen LogP contribution >= 0.6 is 11.6 Å². The first-order valence-electron chi connectivity index (χ1n) is 6.82. The Morgan fingerprint density at radius 1 is 1.29 bits per heavy atom. The van der Waals surface area contributed by atoms with Gasteiger partial charge in [0.05, 0.1) is 27.3 Å². The van der Waals surface area contributed by atoms with Crippen molar-refractivity contribution in [1.82, 2.24) is 0 Å². The molecule has 0 amide bonds. The lowest BCUT2D eigenvalue weighted by Gasteiger charge is -2.08. The van der Waals surface area contributed by atoms with E-state index in [1.165, 1.54) is 11.1 Å². The molecular weight excluding hydrogens is 306 g/mol. The average Bonchev–Trinajstić information content (AvgIpc) is 2.92. The van der Waals surface area contributed by atoms with E-state index in [1.807, 2.05) is 12.1 Å². The highest BCUT2D eigenvalue weighted by Crippen LogP contribution is 2.28. The van der Waals surface area contributed by atoms with Gasteiger partial charge in [0.15, 0.2) is 0 Å². The first-order valence-corrected chi connectivity index (χ1v) is 8.52. The number of fused-ring (bicyclic) bond motifs is 1. The predicted octanol–water partition coefficient (Wildman–Crippen LogP) is 3.21. The van der Waals surface area contributed by atoms with Gasteiger partial charge in [0.2, 0.25) is 0 Å². The Balaban J connectivity index is 1.71. The molecule has 0 aliphatic carbocycles. The van der Waals surface area contributed by atoms with E-state index in [0.717, 1.165) is 25.2 Å². The zero-order valence-electron chi connectivity index (χ0n) is 11.5. The molecule has 0 bridgehead atoms. The van der Waals surface area contributed by atoms with Crippen molar-refractivity contribution in [3.8, 4) is 5.75 Å². The molecule has 0 radical (unpaired) electrons. The Morgan fingerprint density at radius 3 is 2.95 bits per heavy atom. The Labute approximate surface area is 131 Å². The highest BCUT2D eigenvalue weighted by Gasteiger charge is 2.14. The summed E-state index contributed by atoms with van der Waals surface area (Å²) < 4.78 is 17.9. The maximum atomic E-state index is 12.4. The highest BCUT2D eigenvalue weighted by molar-refractivity contribution is 7.85. The summed E-state index contributed by atoms with van der Waals surface area (Å²) in [7, 11) is -1.19. The van der Waals surface area contributed by atoms with Crippen LogP contribution in [0.3, 0.4) is 0 Å². The fourth-order valence-corrected chi connectivity index (χ4v) is 4.16. The second-order valence-electron chi connectivity index (χ2n) is 5.00. The van der Waals surface area contributed by atoms with Crippen molar-refractivity contribution >= 4 is 28.1 Å². The monoisotopic (exact) mass is 321 g/mol. The number of hydrogen-bond acceptors (Lipinski definition) is 3. The van der Waals surface area contributed by atoms with Crippen LogP contribution in [0.4, 0.5) is 5.69 Å². The van der Waals surface area contributed by atoms with Gasteiger partial charge in [-0.3, -0.25) is 4.21 Å². The van der Waals surface area contributed by atoms with Gasteiger partial charge in [0.1, 0.15) is 5.75 Å². The summed E-state index contributed by atoms with van der Waals surface area (Å²) in [5.41, 5.74) is 8.76. The van der Waals surface area contributed by atoms with E-state index in [9.17, 15) is 4.21 Å². The zero-order valence-corrected chi connectivity index (χ0v) is 13.0. The quantitative estimate of drug-likeness (QED) is 0.880. The maximum absolute atomic E-state index is 12.4.